The molecule has 0 atom stereocenters. The molecular formula is C20H20FN3O2. The third-order valence-corrected chi connectivity index (χ3v) is 4.00. The minimum absolute atomic E-state index is 0.0138. The van der Waals surface area contributed by atoms with Gasteiger partial charge in [0.25, 0.3) is 5.91 Å². The van der Waals surface area contributed by atoms with Crippen LogP contribution in [-0.2, 0) is 0 Å². The molecule has 2 N–H and O–H groups in total. The van der Waals surface area contributed by atoms with Gasteiger partial charge in [-0.25, -0.2) is 9.07 Å². The fourth-order valence-corrected chi connectivity index (χ4v) is 2.57. The van der Waals surface area contributed by atoms with E-state index in [1.165, 1.54) is 12.1 Å². The molecule has 134 valence electrons. The fraction of sp³-hybridized carbons (Fsp3) is 0.200. The van der Waals surface area contributed by atoms with Gasteiger partial charge in [0.15, 0.2) is 0 Å². The van der Waals surface area contributed by atoms with Crippen LogP contribution < -0.4 is 5.32 Å². The van der Waals surface area contributed by atoms with Gasteiger partial charge in [0.05, 0.1) is 11.3 Å². The molecular weight excluding hydrogens is 333 g/mol. The number of benzene rings is 2. The Morgan fingerprint density at radius 2 is 1.85 bits per heavy atom. The topological polar surface area (TPSA) is 67.2 Å². The monoisotopic (exact) mass is 353 g/mol. The number of nitrogens with zero attached hydrogens (tertiary/aromatic N) is 2. The Balaban J connectivity index is 2.00. The predicted molar refractivity (Wildman–Crippen MR) is 97.7 cm³/mol. The Kier molecular flexibility index (Phi) is 5.43. The standard InChI is InChI=1S/C20H20FN3O2/c1-14-3-5-15(6-4-14)19-18(20(26)22-11-2-12-25)13-24(23-19)17-9-7-16(21)8-10-17/h3-10,13,25H,2,11-12H2,1H3,(H,22,26). The van der Waals surface area contributed by atoms with Crippen molar-refractivity contribution in [1.29, 1.82) is 0 Å². The molecule has 0 saturated carbocycles. The summed E-state index contributed by atoms with van der Waals surface area (Å²) in [5, 5.41) is 16.2. The minimum Gasteiger partial charge on any atom is -0.396 e. The molecule has 0 aliphatic rings. The molecule has 1 amide bonds. The van der Waals surface area contributed by atoms with Crippen LogP contribution in [0.25, 0.3) is 16.9 Å². The maximum Gasteiger partial charge on any atom is 0.255 e. The number of rotatable bonds is 6. The van der Waals surface area contributed by atoms with Crippen LogP contribution in [0.15, 0.2) is 54.7 Å². The number of halogens is 1. The summed E-state index contributed by atoms with van der Waals surface area (Å²) in [6.45, 7) is 2.38. The lowest BCUT2D eigenvalue weighted by Gasteiger charge is -2.04. The first-order valence-electron chi connectivity index (χ1n) is 8.40. The second-order valence-electron chi connectivity index (χ2n) is 6.01. The van der Waals surface area contributed by atoms with Gasteiger partial charge in [-0.05, 0) is 37.6 Å². The molecule has 0 aliphatic heterocycles. The first-order chi connectivity index (χ1) is 12.6. The molecule has 0 radical (unpaired) electrons. The van der Waals surface area contributed by atoms with Gasteiger partial charge >= 0.3 is 0 Å². The van der Waals surface area contributed by atoms with Gasteiger partial charge in [0.1, 0.15) is 11.5 Å². The van der Waals surface area contributed by atoms with Crippen molar-refractivity contribution in [3.05, 3.63) is 71.7 Å². The van der Waals surface area contributed by atoms with Crippen LogP contribution in [0, 0.1) is 12.7 Å². The third-order valence-electron chi connectivity index (χ3n) is 4.00. The Hall–Kier alpha value is -2.99. The van der Waals surface area contributed by atoms with Crippen molar-refractivity contribution in [2.75, 3.05) is 13.2 Å². The van der Waals surface area contributed by atoms with Gasteiger partial charge in [0.2, 0.25) is 0 Å². The Morgan fingerprint density at radius 3 is 2.50 bits per heavy atom. The summed E-state index contributed by atoms with van der Waals surface area (Å²) in [6, 6.07) is 13.7. The highest BCUT2D eigenvalue weighted by molar-refractivity contribution is 5.99. The molecule has 5 nitrogen and oxygen atoms in total. The second-order valence-corrected chi connectivity index (χ2v) is 6.01. The molecule has 3 aromatic rings. The van der Waals surface area contributed by atoms with Crippen molar-refractivity contribution < 1.29 is 14.3 Å². The van der Waals surface area contributed by atoms with Crippen molar-refractivity contribution in [2.45, 2.75) is 13.3 Å². The molecule has 6 heteroatoms. The molecule has 3 rings (SSSR count). The van der Waals surface area contributed by atoms with E-state index in [0.717, 1.165) is 11.1 Å². The summed E-state index contributed by atoms with van der Waals surface area (Å²) in [5.41, 5.74) is 3.57. The summed E-state index contributed by atoms with van der Waals surface area (Å²) in [7, 11) is 0. The van der Waals surface area contributed by atoms with Gasteiger partial charge < -0.3 is 10.4 Å². The molecule has 0 spiro atoms. The predicted octanol–water partition coefficient (Wildman–Crippen LogP) is 3.10. The first kappa shape index (κ1) is 17.8. The number of hydrogen-bond donors (Lipinski definition) is 2. The highest BCUT2D eigenvalue weighted by atomic mass is 19.1. The van der Waals surface area contributed by atoms with Gasteiger partial charge in [0, 0.05) is 24.9 Å². The zero-order valence-electron chi connectivity index (χ0n) is 14.4. The summed E-state index contributed by atoms with van der Waals surface area (Å²) < 4.78 is 14.7. The second kappa shape index (κ2) is 7.93. The smallest absolute Gasteiger partial charge is 0.255 e. The zero-order valence-corrected chi connectivity index (χ0v) is 14.4. The minimum atomic E-state index is -0.332. The molecule has 0 saturated heterocycles. The number of carbonyl (C=O) groups excluding carboxylic acids is 1. The van der Waals surface area contributed by atoms with Crippen LogP contribution in [0.2, 0.25) is 0 Å². The third kappa shape index (κ3) is 3.97. The lowest BCUT2D eigenvalue weighted by atomic mass is 10.1. The number of aryl methyl sites for hydroxylation is 1. The summed E-state index contributed by atoms with van der Waals surface area (Å²) in [4.78, 5) is 12.6. The molecule has 0 fully saturated rings. The van der Waals surface area contributed by atoms with Crippen LogP contribution in [0.5, 0.6) is 0 Å². The number of aromatic nitrogens is 2. The summed E-state index contributed by atoms with van der Waals surface area (Å²) >= 11 is 0. The van der Waals surface area contributed by atoms with Gasteiger partial charge in [-0.1, -0.05) is 29.8 Å². The van der Waals surface area contributed by atoms with Crippen LogP contribution in [0.4, 0.5) is 4.39 Å². The van der Waals surface area contributed by atoms with Crippen molar-refractivity contribution >= 4 is 5.91 Å². The van der Waals surface area contributed by atoms with Crippen LogP contribution in [-0.4, -0.2) is 33.9 Å². The number of amides is 1. The molecule has 2 aromatic carbocycles. The Labute approximate surface area is 151 Å². The Bertz CT molecular complexity index is 886. The van der Waals surface area contributed by atoms with Crippen molar-refractivity contribution in [2.24, 2.45) is 0 Å². The van der Waals surface area contributed by atoms with Crippen LogP contribution >= 0.6 is 0 Å². The molecule has 1 heterocycles. The SMILES string of the molecule is Cc1ccc(-c2nn(-c3ccc(F)cc3)cc2C(=O)NCCCO)cc1. The van der Waals surface area contributed by atoms with E-state index in [9.17, 15) is 9.18 Å². The zero-order chi connectivity index (χ0) is 18.5. The van der Waals surface area contributed by atoms with Crippen LogP contribution in [0.1, 0.15) is 22.3 Å². The van der Waals surface area contributed by atoms with E-state index < -0.39 is 0 Å². The van der Waals surface area contributed by atoms with E-state index in [1.54, 1.807) is 23.0 Å². The highest BCUT2D eigenvalue weighted by Gasteiger charge is 2.18. The van der Waals surface area contributed by atoms with Gasteiger partial charge in [-0.2, -0.15) is 5.10 Å². The summed E-state index contributed by atoms with van der Waals surface area (Å²) in [6.07, 6.45) is 2.12. The quantitative estimate of drug-likeness (QED) is 0.669. The molecule has 0 unspecified atom stereocenters. The average Bonchev–Trinajstić information content (AvgIpc) is 3.08. The van der Waals surface area contributed by atoms with Crippen LogP contribution in [0.3, 0.4) is 0 Å². The van der Waals surface area contributed by atoms with E-state index in [2.05, 4.69) is 10.4 Å². The average molecular weight is 353 g/mol. The molecule has 0 bridgehead atoms. The number of aliphatic hydroxyl groups is 1. The van der Waals surface area contributed by atoms with E-state index in [0.29, 0.717) is 29.9 Å². The molecule has 26 heavy (non-hydrogen) atoms. The number of aliphatic hydroxyl groups excluding tert-OH is 1. The molecule has 1 aromatic heterocycles. The van der Waals surface area contributed by atoms with Crippen molar-refractivity contribution in [3.8, 4) is 16.9 Å². The Morgan fingerprint density at radius 1 is 1.15 bits per heavy atom. The number of nitrogens with one attached hydrogen (secondary N) is 1. The van der Waals surface area contributed by atoms with Gasteiger partial charge in [-0.15, -0.1) is 0 Å². The number of hydrogen-bond acceptors (Lipinski definition) is 3. The maximum absolute atomic E-state index is 13.2. The summed E-state index contributed by atoms with van der Waals surface area (Å²) in [5.74, 6) is -0.593. The van der Waals surface area contributed by atoms with E-state index in [4.69, 9.17) is 5.11 Å². The van der Waals surface area contributed by atoms with Crippen molar-refractivity contribution in [1.82, 2.24) is 15.1 Å². The van der Waals surface area contributed by atoms with Crippen molar-refractivity contribution in [3.63, 3.8) is 0 Å². The highest BCUT2D eigenvalue weighted by Crippen LogP contribution is 2.24. The van der Waals surface area contributed by atoms with E-state index in [-0.39, 0.29) is 18.3 Å². The normalized spacial score (nSPS) is 10.7. The first-order valence-corrected chi connectivity index (χ1v) is 8.40. The molecule has 0 aliphatic carbocycles. The number of carbonyl (C=O) groups is 1. The van der Waals surface area contributed by atoms with E-state index in [1.807, 2.05) is 31.2 Å². The van der Waals surface area contributed by atoms with E-state index >= 15 is 0 Å². The fourth-order valence-electron chi connectivity index (χ4n) is 2.57. The van der Waals surface area contributed by atoms with Gasteiger partial charge in [-0.3, -0.25) is 4.79 Å². The lowest BCUT2D eigenvalue weighted by molar-refractivity contribution is 0.0952. The lowest BCUT2D eigenvalue weighted by Crippen LogP contribution is -2.25. The largest absolute Gasteiger partial charge is 0.396 e. The maximum atomic E-state index is 13.2.